The molecule has 1 aromatic rings. The molecule has 24 heavy (non-hydrogen) atoms. The van der Waals surface area contributed by atoms with E-state index < -0.39 is 10.0 Å². The Morgan fingerprint density at radius 1 is 1.29 bits per heavy atom. The van der Waals surface area contributed by atoms with E-state index in [4.69, 9.17) is 4.74 Å². The van der Waals surface area contributed by atoms with Crippen LogP contribution in [0.25, 0.3) is 0 Å². The number of carbonyl (C=O) groups excluding carboxylic acids is 1. The van der Waals surface area contributed by atoms with Crippen molar-refractivity contribution in [2.24, 2.45) is 5.92 Å². The van der Waals surface area contributed by atoms with Gasteiger partial charge in [0.2, 0.25) is 15.9 Å². The number of sulfonamides is 1. The van der Waals surface area contributed by atoms with E-state index in [-0.39, 0.29) is 30.2 Å². The summed E-state index contributed by atoms with van der Waals surface area (Å²) in [6.45, 7) is 2.93. The van der Waals surface area contributed by atoms with Crippen molar-refractivity contribution in [3.05, 3.63) is 35.9 Å². The molecule has 1 amide bonds. The van der Waals surface area contributed by atoms with Crippen LogP contribution < -0.4 is 5.32 Å². The Hall–Kier alpha value is -1.44. The van der Waals surface area contributed by atoms with Gasteiger partial charge in [-0.25, -0.2) is 12.7 Å². The molecule has 6 nitrogen and oxygen atoms in total. The fraction of sp³-hybridized carbons (Fsp3) is 0.588. The first-order valence-electron chi connectivity index (χ1n) is 8.26. The van der Waals surface area contributed by atoms with Gasteiger partial charge < -0.3 is 10.1 Å². The highest BCUT2D eigenvalue weighted by atomic mass is 32.2. The van der Waals surface area contributed by atoms with Crippen molar-refractivity contribution < 1.29 is 17.9 Å². The van der Waals surface area contributed by atoms with Crippen LogP contribution in [-0.4, -0.2) is 51.2 Å². The Kier molecular flexibility index (Phi) is 6.77. The van der Waals surface area contributed by atoms with Crippen molar-refractivity contribution >= 4 is 15.9 Å². The van der Waals surface area contributed by atoms with E-state index >= 15 is 0 Å². The van der Waals surface area contributed by atoms with E-state index in [1.807, 2.05) is 37.3 Å². The van der Waals surface area contributed by atoms with Gasteiger partial charge in [0.15, 0.2) is 0 Å². The first-order chi connectivity index (χ1) is 11.4. The van der Waals surface area contributed by atoms with Gasteiger partial charge in [0.1, 0.15) is 0 Å². The molecule has 2 rings (SSSR count). The van der Waals surface area contributed by atoms with E-state index in [1.54, 1.807) is 0 Å². The Morgan fingerprint density at radius 3 is 2.50 bits per heavy atom. The third-order valence-electron chi connectivity index (χ3n) is 4.42. The Balaban J connectivity index is 1.84. The number of hydrogen-bond donors (Lipinski definition) is 1. The molecule has 134 valence electrons. The van der Waals surface area contributed by atoms with Gasteiger partial charge in [-0.05, 0) is 25.3 Å². The minimum atomic E-state index is -3.28. The van der Waals surface area contributed by atoms with Gasteiger partial charge in [-0.3, -0.25) is 4.79 Å². The van der Waals surface area contributed by atoms with Gasteiger partial charge in [-0.1, -0.05) is 30.3 Å². The Labute approximate surface area is 144 Å². The lowest BCUT2D eigenvalue weighted by atomic mass is 9.96. The number of piperidine rings is 1. The van der Waals surface area contributed by atoms with Crippen LogP contribution in [0.1, 0.15) is 31.4 Å². The van der Waals surface area contributed by atoms with Crippen LogP contribution in [0, 0.1) is 5.92 Å². The second-order valence-electron chi connectivity index (χ2n) is 6.12. The summed E-state index contributed by atoms with van der Waals surface area (Å²) in [5.74, 6) is -0.142. The van der Waals surface area contributed by atoms with Crippen molar-refractivity contribution in [2.75, 3.05) is 32.6 Å². The molecule has 1 saturated heterocycles. The van der Waals surface area contributed by atoms with Crippen LogP contribution in [0.15, 0.2) is 30.3 Å². The third kappa shape index (κ3) is 5.03. The molecule has 0 aliphatic carbocycles. The number of benzene rings is 1. The zero-order valence-corrected chi connectivity index (χ0v) is 15.1. The predicted octanol–water partition coefficient (Wildman–Crippen LogP) is 1.55. The maximum absolute atomic E-state index is 12.4. The number of nitrogens with one attached hydrogen (secondary N) is 1. The molecule has 1 aliphatic heterocycles. The number of rotatable bonds is 7. The highest BCUT2D eigenvalue weighted by Gasteiger charge is 2.31. The van der Waals surface area contributed by atoms with Gasteiger partial charge in [0, 0.05) is 26.1 Å². The molecule has 7 heteroatoms. The van der Waals surface area contributed by atoms with Gasteiger partial charge in [-0.15, -0.1) is 0 Å². The lowest BCUT2D eigenvalue weighted by Crippen LogP contribution is -2.44. The number of methoxy groups -OCH3 is 1. The molecular formula is C17H26N2O4S. The third-order valence-corrected chi connectivity index (χ3v) is 6.26. The highest BCUT2D eigenvalue weighted by Crippen LogP contribution is 2.21. The summed E-state index contributed by atoms with van der Waals surface area (Å²) in [5, 5.41) is 3.03. The normalized spacial score (nSPS) is 18.2. The smallest absolute Gasteiger partial charge is 0.223 e. The molecule has 1 aromatic carbocycles. The van der Waals surface area contributed by atoms with Gasteiger partial charge in [0.05, 0.1) is 18.4 Å². The summed E-state index contributed by atoms with van der Waals surface area (Å²) in [4.78, 5) is 12.4. The van der Waals surface area contributed by atoms with Gasteiger partial charge >= 0.3 is 0 Å². The molecule has 0 radical (unpaired) electrons. The van der Waals surface area contributed by atoms with Gasteiger partial charge in [0.25, 0.3) is 0 Å². The zero-order valence-electron chi connectivity index (χ0n) is 14.3. The average Bonchev–Trinajstić information content (AvgIpc) is 2.60. The van der Waals surface area contributed by atoms with E-state index in [0.29, 0.717) is 25.9 Å². The van der Waals surface area contributed by atoms with Crippen molar-refractivity contribution in [1.29, 1.82) is 0 Å². The largest absolute Gasteiger partial charge is 0.384 e. The van der Waals surface area contributed by atoms with Crippen molar-refractivity contribution in [3.8, 4) is 0 Å². The molecule has 1 heterocycles. The molecule has 1 unspecified atom stereocenters. The maximum Gasteiger partial charge on any atom is 0.223 e. The second kappa shape index (κ2) is 8.60. The lowest BCUT2D eigenvalue weighted by molar-refractivity contribution is -0.126. The van der Waals surface area contributed by atoms with Crippen LogP contribution in [0.5, 0.6) is 0 Å². The fourth-order valence-corrected chi connectivity index (χ4v) is 4.27. The molecule has 1 aliphatic rings. The Bertz CT molecular complexity index is 625. The molecule has 1 fully saturated rings. The maximum atomic E-state index is 12.4. The van der Waals surface area contributed by atoms with Gasteiger partial charge in [-0.2, -0.15) is 0 Å². The van der Waals surface area contributed by atoms with E-state index in [2.05, 4.69) is 5.32 Å². The van der Waals surface area contributed by atoms with Crippen LogP contribution >= 0.6 is 0 Å². The topological polar surface area (TPSA) is 75.7 Å². The number of nitrogens with zero attached hydrogens (tertiary/aromatic N) is 1. The number of amides is 1. The lowest BCUT2D eigenvalue weighted by Gasteiger charge is -2.31. The minimum Gasteiger partial charge on any atom is -0.384 e. The molecule has 0 aromatic heterocycles. The second-order valence-corrected chi connectivity index (χ2v) is 8.21. The van der Waals surface area contributed by atoms with E-state index in [9.17, 15) is 13.2 Å². The van der Waals surface area contributed by atoms with E-state index in [0.717, 1.165) is 5.56 Å². The summed E-state index contributed by atoms with van der Waals surface area (Å²) in [6, 6.07) is 9.74. The summed E-state index contributed by atoms with van der Waals surface area (Å²) in [7, 11) is -1.80. The predicted molar refractivity (Wildman–Crippen MR) is 93.0 cm³/mol. The molecule has 1 atom stereocenters. The van der Waals surface area contributed by atoms with Crippen molar-refractivity contribution in [3.63, 3.8) is 0 Å². The van der Waals surface area contributed by atoms with Crippen LogP contribution in [0.3, 0.4) is 0 Å². The molecular weight excluding hydrogens is 328 g/mol. The summed E-state index contributed by atoms with van der Waals surface area (Å²) >= 11 is 0. The van der Waals surface area contributed by atoms with Crippen LogP contribution in [0.2, 0.25) is 0 Å². The first kappa shape index (κ1) is 18.9. The summed E-state index contributed by atoms with van der Waals surface area (Å²) < 4.78 is 30.6. The highest BCUT2D eigenvalue weighted by molar-refractivity contribution is 7.89. The fourth-order valence-electron chi connectivity index (χ4n) is 2.87. The van der Waals surface area contributed by atoms with Crippen molar-refractivity contribution in [1.82, 2.24) is 9.62 Å². The quantitative estimate of drug-likeness (QED) is 0.806. The van der Waals surface area contributed by atoms with Crippen LogP contribution in [0.4, 0.5) is 0 Å². The number of ether oxygens (including phenoxy) is 1. The van der Waals surface area contributed by atoms with E-state index in [1.165, 1.54) is 11.4 Å². The molecule has 0 saturated carbocycles. The first-order valence-corrected chi connectivity index (χ1v) is 9.87. The number of hydrogen-bond acceptors (Lipinski definition) is 4. The average molecular weight is 354 g/mol. The summed E-state index contributed by atoms with van der Waals surface area (Å²) in [6.07, 6.45) is 1.11. The molecule has 0 bridgehead atoms. The standard InChI is InChI=1S/C17H26N2O4S/c1-14(15-6-4-3-5-7-15)18-17(20)16-8-10-19(11-9-16)24(21,22)13-12-23-2/h3-7,14,16H,8-13H2,1-2H3,(H,18,20). The number of carbonyl (C=O) groups is 1. The summed E-state index contributed by atoms with van der Waals surface area (Å²) in [5.41, 5.74) is 1.06. The zero-order chi connectivity index (χ0) is 17.6. The van der Waals surface area contributed by atoms with Crippen molar-refractivity contribution in [2.45, 2.75) is 25.8 Å². The van der Waals surface area contributed by atoms with Crippen LogP contribution in [-0.2, 0) is 19.6 Å². The molecule has 1 N–H and O–H groups in total. The Morgan fingerprint density at radius 2 is 1.92 bits per heavy atom. The molecule has 0 spiro atoms. The minimum absolute atomic E-state index is 0.000271. The SMILES string of the molecule is COCCS(=O)(=O)N1CCC(C(=O)NC(C)c2ccccc2)CC1. The monoisotopic (exact) mass is 354 g/mol.